The monoisotopic (exact) mass is 315 g/mol. The van der Waals surface area contributed by atoms with Gasteiger partial charge in [0.25, 0.3) is 0 Å². The maximum absolute atomic E-state index is 5.62. The van der Waals surface area contributed by atoms with E-state index in [1.807, 2.05) is 12.1 Å². The summed E-state index contributed by atoms with van der Waals surface area (Å²) in [6, 6.07) is 14.4. The Bertz CT molecular complexity index is 633. The molecule has 0 radical (unpaired) electrons. The molecule has 2 aromatic rings. The smallest absolute Gasteiger partial charge is 0.120 e. The van der Waals surface area contributed by atoms with Gasteiger partial charge in [-0.25, -0.2) is 0 Å². The molecular formula is C18H25NO2Si. The van der Waals surface area contributed by atoms with Crippen molar-refractivity contribution in [3.8, 4) is 11.5 Å². The van der Waals surface area contributed by atoms with Crippen molar-refractivity contribution in [3.63, 3.8) is 0 Å². The summed E-state index contributed by atoms with van der Waals surface area (Å²) in [7, 11) is 3.98. The first-order chi connectivity index (χ1) is 10.4. The van der Waals surface area contributed by atoms with Crippen molar-refractivity contribution < 1.29 is 9.47 Å². The molecule has 0 spiro atoms. The zero-order chi connectivity index (χ0) is 16.3. The molecule has 22 heavy (non-hydrogen) atoms. The van der Waals surface area contributed by atoms with E-state index in [4.69, 9.17) is 9.47 Å². The molecule has 4 heteroatoms. The fourth-order valence-corrected chi connectivity index (χ4v) is 4.61. The van der Waals surface area contributed by atoms with Gasteiger partial charge in [-0.2, -0.15) is 0 Å². The van der Waals surface area contributed by atoms with E-state index in [1.54, 1.807) is 14.2 Å². The van der Waals surface area contributed by atoms with Crippen LogP contribution in [-0.2, 0) is 0 Å². The van der Waals surface area contributed by atoms with Gasteiger partial charge in [-0.3, -0.25) is 0 Å². The summed E-state index contributed by atoms with van der Waals surface area (Å²) >= 11 is 0. The Morgan fingerprint density at radius 1 is 0.864 bits per heavy atom. The average Bonchev–Trinajstić information content (AvgIpc) is 2.52. The molecule has 0 heterocycles. The molecule has 118 valence electrons. The van der Waals surface area contributed by atoms with Crippen molar-refractivity contribution >= 4 is 24.6 Å². The van der Waals surface area contributed by atoms with Crippen LogP contribution in [0.2, 0.25) is 19.6 Å². The molecule has 0 N–H and O–H groups in total. The van der Waals surface area contributed by atoms with Gasteiger partial charge >= 0.3 is 0 Å². The van der Waals surface area contributed by atoms with Crippen molar-refractivity contribution in [1.29, 1.82) is 0 Å². The van der Waals surface area contributed by atoms with Gasteiger partial charge in [0.1, 0.15) is 11.5 Å². The van der Waals surface area contributed by atoms with Crippen molar-refractivity contribution in [3.05, 3.63) is 42.5 Å². The summed E-state index contributed by atoms with van der Waals surface area (Å²) in [5.41, 5.74) is 2.34. The average molecular weight is 315 g/mol. The second-order valence-electron chi connectivity index (χ2n) is 6.36. The molecule has 0 amide bonds. The van der Waals surface area contributed by atoms with Gasteiger partial charge < -0.3 is 14.4 Å². The first-order valence-corrected chi connectivity index (χ1v) is 10.9. The summed E-state index contributed by atoms with van der Waals surface area (Å²) in [5, 5.41) is 1.34. The van der Waals surface area contributed by atoms with E-state index in [0.717, 1.165) is 17.2 Å². The van der Waals surface area contributed by atoms with Crippen molar-refractivity contribution in [2.24, 2.45) is 0 Å². The molecule has 0 aliphatic heterocycles. The molecule has 0 bridgehead atoms. The lowest BCUT2D eigenvalue weighted by Crippen LogP contribution is -2.41. The van der Waals surface area contributed by atoms with Crippen LogP contribution in [0.3, 0.4) is 0 Å². The third-order valence-electron chi connectivity index (χ3n) is 3.80. The summed E-state index contributed by atoms with van der Waals surface area (Å²) < 4.78 is 10.9. The van der Waals surface area contributed by atoms with Gasteiger partial charge in [0, 0.05) is 23.6 Å². The minimum atomic E-state index is -1.55. The van der Waals surface area contributed by atoms with Gasteiger partial charge in [-0.1, -0.05) is 25.7 Å². The summed E-state index contributed by atoms with van der Waals surface area (Å²) in [6.07, 6.45) is 0. The molecule has 0 aromatic heterocycles. The molecular weight excluding hydrogens is 290 g/mol. The van der Waals surface area contributed by atoms with Crippen LogP contribution in [0.15, 0.2) is 42.5 Å². The van der Waals surface area contributed by atoms with E-state index in [-0.39, 0.29) is 0 Å². The van der Waals surface area contributed by atoms with Gasteiger partial charge in [-0.05, 0) is 36.4 Å². The first-order valence-electron chi connectivity index (χ1n) is 7.43. The van der Waals surface area contributed by atoms with Gasteiger partial charge in [0.15, 0.2) is 0 Å². The molecule has 0 saturated carbocycles. The van der Waals surface area contributed by atoms with E-state index in [9.17, 15) is 0 Å². The molecule has 3 nitrogen and oxygen atoms in total. The Morgan fingerprint density at radius 3 is 2.00 bits per heavy atom. The van der Waals surface area contributed by atoms with Crippen LogP contribution >= 0.6 is 0 Å². The molecule has 0 saturated heterocycles. The fraction of sp³-hybridized carbons (Fsp3) is 0.333. The normalized spacial score (nSPS) is 11.2. The number of nitrogens with zero attached hydrogens (tertiary/aromatic N) is 1. The highest BCUT2D eigenvalue weighted by atomic mass is 28.3. The molecule has 0 atom stereocenters. The van der Waals surface area contributed by atoms with E-state index >= 15 is 0 Å². The van der Waals surface area contributed by atoms with E-state index in [1.165, 1.54) is 10.9 Å². The predicted molar refractivity (Wildman–Crippen MR) is 97.0 cm³/mol. The SMILES string of the molecule is COc1ccc(N(C)c2cccc(OC)c2[Si](C)(C)C)cc1. The number of rotatable bonds is 5. The summed E-state index contributed by atoms with van der Waals surface area (Å²) in [4.78, 5) is 2.22. The third kappa shape index (κ3) is 3.27. The number of anilines is 2. The minimum Gasteiger partial charge on any atom is -0.497 e. The van der Waals surface area contributed by atoms with Crippen LogP contribution in [0.25, 0.3) is 0 Å². The van der Waals surface area contributed by atoms with Crippen LogP contribution in [0.1, 0.15) is 0 Å². The number of ether oxygens (including phenoxy) is 2. The number of benzene rings is 2. The van der Waals surface area contributed by atoms with E-state index in [0.29, 0.717) is 0 Å². The van der Waals surface area contributed by atoms with Crippen LogP contribution in [-0.4, -0.2) is 29.3 Å². The lowest BCUT2D eigenvalue weighted by Gasteiger charge is -2.29. The van der Waals surface area contributed by atoms with Crippen molar-refractivity contribution in [2.75, 3.05) is 26.2 Å². The number of hydrogen-bond donors (Lipinski definition) is 0. The van der Waals surface area contributed by atoms with Gasteiger partial charge in [-0.15, -0.1) is 0 Å². The minimum absolute atomic E-state index is 0.869. The van der Waals surface area contributed by atoms with Crippen LogP contribution in [0.4, 0.5) is 11.4 Å². The van der Waals surface area contributed by atoms with Crippen molar-refractivity contribution in [2.45, 2.75) is 19.6 Å². The Labute approximate surface area is 134 Å². The second kappa shape index (κ2) is 6.44. The topological polar surface area (TPSA) is 21.7 Å². The summed E-state index contributed by atoms with van der Waals surface area (Å²) in [6.45, 7) is 7.03. The largest absolute Gasteiger partial charge is 0.497 e. The lowest BCUT2D eigenvalue weighted by molar-refractivity contribution is 0.415. The Kier molecular flexibility index (Phi) is 4.81. The molecule has 2 aromatic carbocycles. The van der Waals surface area contributed by atoms with Crippen LogP contribution in [0, 0.1) is 0 Å². The van der Waals surface area contributed by atoms with E-state index in [2.05, 4.69) is 61.9 Å². The van der Waals surface area contributed by atoms with Crippen molar-refractivity contribution in [1.82, 2.24) is 0 Å². The number of methoxy groups -OCH3 is 2. The first kappa shape index (κ1) is 16.4. The number of hydrogen-bond acceptors (Lipinski definition) is 3. The third-order valence-corrected chi connectivity index (χ3v) is 5.80. The fourth-order valence-electron chi connectivity index (χ4n) is 2.67. The van der Waals surface area contributed by atoms with Crippen LogP contribution < -0.4 is 19.6 Å². The Morgan fingerprint density at radius 2 is 1.50 bits per heavy atom. The molecule has 0 fully saturated rings. The summed E-state index contributed by atoms with van der Waals surface area (Å²) in [5.74, 6) is 1.85. The highest BCUT2D eigenvalue weighted by molar-refractivity contribution is 6.90. The van der Waals surface area contributed by atoms with Gasteiger partial charge in [0.2, 0.25) is 0 Å². The molecule has 0 aliphatic rings. The highest BCUT2D eigenvalue weighted by Gasteiger charge is 2.26. The second-order valence-corrected chi connectivity index (χ2v) is 11.4. The maximum Gasteiger partial charge on any atom is 0.120 e. The molecule has 0 unspecified atom stereocenters. The lowest BCUT2D eigenvalue weighted by atomic mass is 10.2. The van der Waals surface area contributed by atoms with Crippen LogP contribution in [0.5, 0.6) is 11.5 Å². The standard InChI is InChI=1S/C18H25NO2Si/c1-19(14-10-12-15(20-2)13-11-14)16-8-7-9-17(21-3)18(16)22(4,5)6/h7-13H,1-6H3. The van der Waals surface area contributed by atoms with Gasteiger partial charge in [0.05, 0.1) is 22.3 Å². The molecule has 2 rings (SSSR count). The zero-order valence-electron chi connectivity index (χ0n) is 14.3. The van der Waals surface area contributed by atoms with E-state index < -0.39 is 8.07 Å². The Balaban J connectivity index is 2.50. The predicted octanol–water partition coefficient (Wildman–Crippen LogP) is 4.02. The highest BCUT2D eigenvalue weighted by Crippen LogP contribution is 2.29. The Hall–Kier alpha value is -1.94. The quantitative estimate of drug-likeness (QED) is 0.778. The zero-order valence-corrected chi connectivity index (χ0v) is 15.3. The molecule has 0 aliphatic carbocycles. The maximum atomic E-state index is 5.62.